The molecule has 2 unspecified atom stereocenters. The molecule has 3 heteroatoms. The first-order valence-electron chi connectivity index (χ1n) is 5.15. The lowest BCUT2D eigenvalue weighted by molar-refractivity contribution is 0.174. The van der Waals surface area contributed by atoms with E-state index >= 15 is 0 Å². The van der Waals surface area contributed by atoms with Crippen LogP contribution in [0.1, 0.15) is 24.9 Å². The highest BCUT2D eigenvalue weighted by molar-refractivity contribution is 9.10. The van der Waals surface area contributed by atoms with Crippen molar-refractivity contribution in [1.29, 1.82) is 0 Å². The monoisotopic (exact) mass is 271 g/mol. The standard InChI is InChI=1S/C12H18BrNO/c1-9(6-7-15-2)12(14)10-4-3-5-11(13)8-10/h3-5,8-9,12H,6-7,14H2,1-2H3. The van der Waals surface area contributed by atoms with Crippen LogP contribution in [0.25, 0.3) is 0 Å². The van der Waals surface area contributed by atoms with Gasteiger partial charge < -0.3 is 10.5 Å². The molecule has 0 heterocycles. The van der Waals surface area contributed by atoms with Crippen molar-refractivity contribution in [3.63, 3.8) is 0 Å². The maximum absolute atomic E-state index is 6.17. The Bertz CT molecular complexity index is 303. The van der Waals surface area contributed by atoms with E-state index in [2.05, 4.69) is 35.0 Å². The Labute approximate surface area is 99.9 Å². The summed E-state index contributed by atoms with van der Waals surface area (Å²) in [5.74, 6) is 0.430. The summed E-state index contributed by atoms with van der Waals surface area (Å²) in [5, 5.41) is 0. The predicted molar refractivity (Wildman–Crippen MR) is 66.7 cm³/mol. The highest BCUT2D eigenvalue weighted by Gasteiger charge is 2.14. The highest BCUT2D eigenvalue weighted by Crippen LogP contribution is 2.24. The van der Waals surface area contributed by atoms with Gasteiger partial charge in [-0.15, -0.1) is 0 Å². The van der Waals surface area contributed by atoms with Gasteiger partial charge in [-0.1, -0.05) is 35.0 Å². The molecule has 0 saturated heterocycles. The van der Waals surface area contributed by atoms with Crippen molar-refractivity contribution in [1.82, 2.24) is 0 Å². The first-order chi connectivity index (χ1) is 7.15. The van der Waals surface area contributed by atoms with Crippen LogP contribution in [0.15, 0.2) is 28.7 Å². The smallest absolute Gasteiger partial charge is 0.0465 e. The molecule has 0 radical (unpaired) electrons. The zero-order chi connectivity index (χ0) is 11.3. The van der Waals surface area contributed by atoms with Gasteiger partial charge in [0.2, 0.25) is 0 Å². The Hall–Kier alpha value is -0.380. The van der Waals surface area contributed by atoms with E-state index in [0.717, 1.165) is 17.5 Å². The van der Waals surface area contributed by atoms with E-state index < -0.39 is 0 Å². The Morgan fingerprint density at radius 1 is 1.47 bits per heavy atom. The second-order valence-electron chi connectivity index (χ2n) is 3.84. The number of halogens is 1. The molecule has 0 fully saturated rings. The summed E-state index contributed by atoms with van der Waals surface area (Å²) >= 11 is 3.45. The molecule has 2 nitrogen and oxygen atoms in total. The lowest BCUT2D eigenvalue weighted by Gasteiger charge is -2.20. The number of benzene rings is 1. The van der Waals surface area contributed by atoms with Crippen LogP contribution in [0.2, 0.25) is 0 Å². The van der Waals surface area contributed by atoms with Gasteiger partial charge in [-0.25, -0.2) is 0 Å². The van der Waals surface area contributed by atoms with Crippen molar-refractivity contribution in [2.75, 3.05) is 13.7 Å². The van der Waals surface area contributed by atoms with Gasteiger partial charge >= 0.3 is 0 Å². The molecule has 0 amide bonds. The van der Waals surface area contributed by atoms with E-state index in [4.69, 9.17) is 10.5 Å². The zero-order valence-electron chi connectivity index (χ0n) is 9.24. The lowest BCUT2D eigenvalue weighted by atomic mass is 9.93. The van der Waals surface area contributed by atoms with Gasteiger partial charge in [0.05, 0.1) is 0 Å². The largest absolute Gasteiger partial charge is 0.385 e. The van der Waals surface area contributed by atoms with Crippen LogP contribution in [0.3, 0.4) is 0 Å². The fourth-order valence-corrected chi connectivity index (χ4v) is 1.94. The lowest BCUT2D eigenvalue weighted by Crippen LogP contribution is -2.20. The molecule has 1 aromatic rings. The maximum atomic E-state index is 6.17. The average molecular weight is 272 g/mol. The van der Waals surface area contributed by atoms with Crippen LogP contribution in [0, 0.1) is 5.92 Å². The minimum Gasteiger partial charge on any atom is -0.385 e. The average Bonchev–Trinajstić information content (AvgIpc) is 2.24. The molecule has 1 rings (SSSR count). The molecule has 0 aliphatic heterocycles. The van der Waals surface area contributed by atoms with Crippen LogP contribution in [0.5, 0.6) is 0 Å². The summed E-state index contributed by atoms with van der Waals surface area (Å²) in [5.41, 5.74) is 7.35. The summed E-state index contributed by atoms with van der Waals surface area (Å²) < 4.78 is 6.14. The van der Waals surface area contributed by atoms with Crippen molar-refractivity contribution in [3.8, 4) is 0 Å². The second-order valence-corrected chi connectivity index (χ2v) is 4.76. The second kappa shape index (κ2) is 6.26. The minimum atomic E-state index is 0.0812. The molecule has 0 spiro atoms. The Morgan fingerprint density at radius 2 is 2.20 bits per heavy atom. The number of nitrogens with two attached hydrogens (primary N) is 1. The fourth-order valence-electron chi connectivity index (χ4n) is 1.53. The van der Waals surface area contributed by atoms with E-state index in [-0.39, 0.29) is 6.04 Å². The van der Waals surface area contributed by atoms with E-state index in [1.54, 1.807) is 7.11 Å². The van der Waals surface area contributed by atoms with Crippen LogP contribution in [-0.4, -0.2) is 13.7 Å². The van der Waals surface area contributed by atoms with Crippen molar-refractivity contribution in [3.05, 3.63) is 34.3 Å². The van der Waals surface area contributed by atoms with E-state index in [0.29, 0.717) is 5.92 Å². The van der Waals surface area contributed by atoms with Crippen LogP contribution >= 0.6 is 15.9 Å². The van der Waals surface area contributed by atoms with Gasteiger partial charge in [0.1, 0.15) is 0 Å². The van der Waals surface area contributed by atoms with E-state index in [1.165, 1.54) is 5.56 Å². The van der Waals surface area contributed by atoms with Crippen molar-refractivity contribution < 1.29 is 4.74 Å². The summed E-state index contributed by atoms with van der Waals surface area (Å²) in [7, 11) is 1.72. The van der Waals surface area contributed by atoms with Crippen molar-refractivity contribution >= 4 is 15.9 Å². The number of hydrogen-bond donors (Lipinski definition) is 1. The third-order valence-corrected chi connectivity index (χ3v) is 3.12. The molecular weight excluding hydrogens is 254 g/mol. The van der Waals surface area contributed by atoms with Gasteiger partial charge in [-0.2, -0.15) is 0 Å². The van der Waals surface area contributed by atoms with E-state index in [1.807, 2.05) is 12.1 Å². The molecule has 0 bridgehead atoms. The molecule has 84 valence electrons. The number of ether oxygens (including phenoxy) is 1. The van der Waals surface area contributed by atoms with Gasteiger partial charge in [-0.05, 0) is 30.0 Å². The number of rotatable bonds is 5. The molecule has 2 atom stereocenters. The van der Waals surface area contributed by atoms with Crippen LogP contribution in [-0.2, 0) is 4.74 Å². The van der Waals surface area contributed by atoms with Crippen LogP contribution < -0.4 is 5.73 Å². The zero-order valence-corrected chi connectivity index (χ0v) is 10.8. The molecular formula is C12H18BrNO. The SMILES string of the molecule is COCCC(C)C(N)c1cccc(Br)c1. The highest BCUT2D eigenvalue weighted by atomic mass is 79.9. The molecule has 0 aliphatic carbocycles. The first-order valence-corrected chi connectivity index (χ1v) is 5.94. The van der Waals surface area contributed by atoms with Crippen molar-refractivity contribution in [2.24, 2.45) is 11.7 Å². The maximum Gasteiger partial charge on any atom is 0.0465 e. The molecule has 0 aromatic heterocycles. The topological polar surface area (TPSA) is 35.2 Å². The van der Waals surface area contributed by atoms with Gasteiger partial charge in [0.25, 0.3) is 0 Å². The molecule has 0 aliphatic rings. The molecule has 2 N–H and O–H groups in total. The Kier molecular flexibility index (Phi) is 5.29. The number of hydrogen-bond acceptors (Lipinski definition) is 2. The third-order valence-electron chi connectivity index (χ3n) is 2.62. The molecule has 15 heavy (non-hydrogen) atoms. The normalized spacial score (nSPS) is 14.9. The quantitative estimate of drug-likeness (QED) is 0.893. The van der Waals surface area contributed by atoms with E-state index in [9.17, 15) is 0 Å². The Morgan fingerprint density at radius 3 is 2.80 bits per heavy atom. The molecule has 1 aromatic carbocycles. The summed E-state index contributed by atoms with van der Waals surface area (Å²) in [6, 6.07) is 8.25. The summed E-state index contributed by atoms with van der Waals surface area (Å²) in [6.45, 7) is 2.92. The summed E-state index contributed by atoms with van der Waals surface area (Å²) in [4.78, 5) is 0. The molecule has 0 saturated carbocycles. The predicted octanol–water partition coefficient (Wildman–Crippen LogP) is 3.12. The Balaban J connectivity index is 2.62. The summed E-state index contributed by atoms with van der Waals surface area (Å²) in [6.07, 6.45) is 0.990. The van der Waals surface area contributed by atoms with Crippen molar-refractivity contribution in [2.45, 2.75) is 19.4 Å². The fraction of sp³-hybridized carbons (Fsp3) is 0.500. The number of methoxy groups -OCH3 is 1. The first kappa shape index (κ1) is 12.7. The van der Waals surface area contributed by atoms with Crippen LogP contribution in [0.4, 0.5) is 0 Å². The van der Waals surface area contributed by atoms with Gasteiger partial charge in [0.15, 0.2) is 0 Å². The minimum absolute atomic E-state index is 0.0812. The third kappa shape index (κ3) is 3.93. The van der Waals surface area contributed by atoms with Gasteiger partial charge in [0, 0.05) is 24.2 Å². The van der Waals surface area contributed by atoms with Gasteiger partial charge in [-0.3, -0.25) is 0 Å².